The summed E-state index contributed by atoms with van der Waals surface area (Å²) in [5.74, 6) is 0. The average Bonchev–Trinajstić information content (AvgIpc) is 2.77. The van der Waals surface area contributed by atoms with Gasteiger partial charge in [0.25, 0.3) is 0 Å². The molecule has 4 nitrogen and oxygen atoms in total. The Morgan fingerprint density at radius 1 is 1.47 bits per heavy atom. The molecule has 1 saturated heterocycles. The van der Waals surface area contributed by atoms with Gasteiger partial charge in [-0.3, -0.25) is 4.68 Å². The maximum atomic E-state index is 9.52. The number of fused-ring (bicyclic) bond motifs is 1. The number of nitrogens with zero attached hydrogens (tertiary/aromatic N) is 3. The number of hydrogen-bond acceptors (Lipinski definition) is 3. The van der Waals surface area contributed by atoms with Crippen LogP contribution in [0.2, 0.25) is 0 Å². The molecule has 0 saturated carbocycles. The van der Waals surface area contributed by atoms with E-state index in [0.717, 1.165) is 36.0 Å². The van der Waals surface area contributed by atoms with Crippen LogP contribution in [0, 0.1) is 16.7 Å². The van der Waals surface area contributed by atoms with Crippen LogP contribution in [0.4, 0.5) is 0 Å². The molecule has 1 aliphatic rings. The maximum absolute atomic E-state index is 9.52. The van der Waals surface area contributed by atoms with Gasteiger partial charge in [-0.15, -0.1) is 0 Å². The summed E-state index contributed by atoms with van der Waals surface area (Å²) in [4.78, 5) is 0. The molecule has 1 atom stereocenters. The van der Waals surface area contributed by atoms with Gasteiger partial charge in [0.2, 0.25) is 0 Å². The fraction of sp³-hybridized carbons (Fsp3) is 0.467. The van der Waals surface area contributed by atoms with Crippen molar-refractivity contribution in [2.24, 2.45) is 12.5 Å². The van der Waals surface area contributed by atoms with Crippen molar-refractivity contribution in [2.75, 3.05) is 13.2 Å². The number of para-hydroxylation sites is 1. The lowest BCUT2D eigenvalue weighted by Gasteiger charge is -2.29. The maximum Gasteiger partial charge on any atom is 0.0863 e. The summed E-state index contributed by atoms with van der Waals surface area (Å²) < 4.78 is 7.40. The van der Waals surface area contributed by atoms with Gasteiger partial charge in [0.05, 0.1) is 29.3 Å². The molecule has 1 aromatic carbocycles. The van der Waals surface area contributed by atoms with Crippen molar-refractivity contribution < 1.29 is 4.74 Å². The Bertz CT molecular complexity index is 632. The number of aromatic nitrogens is 2. The van der Waals surface area contributed by atoms with Crippen LogP contribution < -0.4 is 0 Å². The first-order valence-corrected chi connectivity index (χ1v) is 6.64. The van der Waals surface area contributed by atoms with Crippen molar-refractivity contribution in [3.8, 4) is 6.07 Å². The second-order valence-corrected chi connectivity index (χ2v) is 5.31. The van der Waals surface area contributed by atoms with Crippen LogP contribution in [0.5, 0.6) is 0 Å². The lowest BCUT2D eigenvalue weighted by atomic mass is 9.79. The number of hydrogen-bond donors (Lipinski definition) is 0. The van der Waals surface area contributed by atoms with Crippen molar-refractivity contribution in [3.63, 3.8) is 0 Å². The van der Waals surface area contributed by atoms with E-state index in [2.05, 4.69) is 23.3 Å². The molecule has 0 radical (unpaired) electrons. The van der Waals surface area contributed by atoms with Crippen LogP contribution in [0.1, 0.15) is 18.5 Å². The number of ether oxygens (including phenoxy) is 1. The lowest BCUT2D eigenvalue weighted by Crippen LogP contribution is -2.32. The zero-order valence-corrected chi connectivity index (χ0v) is 11.1. The summed E-state index contributed by atoms with van der Waals surface area (Å²) >= 11 is 0. The van der Waals surface area contributed by atoms with Crippen LogP contribution in [0.25, 0.3) is 10.9 Å². The van der Waals surface area contributed by atoms with E-state index < -0.39 is 5.41 Å². The van der Waals surface area contributed by atoms with Crippen LogP contribution in [0.15, 0.2) is 24.3 Å². The molecule has 0 aliphatic carbocycles. The molecule has 0 amide bonds. The van der Waals surface area contributed by atoms with E-state index in [0.29, 0.717) is 13.0 Å². The van der Waals surface area contributed by atoms with Gasteiger partial charge in [-0.05, 0) is 18.9 Å². The number of benzene rings is 1. The van der Waals surface area contributed by atoms with Gasteiger partial charge in [0.15, 0.2) is 0 Å². The van der Waals surface area contributed by atoms with Crippen LogP contribution in [0.3, 0.4) is 0 Å². The van der Waals surface area contributed by atoms with Gasteiger partial charge in [0.1, 0.15) is 0 Å². The minimum Gasteiger partial charge on any atom is -0.380 e. The third-order valence-corrected chi connectivity index (χ3v) is 3.90. The molecule has 2 aromatic rings. The summed E-state index contributed by atoms with van der Waals surface area (Å²) in [6.45, 7) is 1.29. The molecule has 3 rings (SSSR count). The van der Waals surface area contributed by atoms with Crippen molar-refractivity contribution in [2.45, 2.75) is 19.3 Å². The second-order valence-electron chi connectivity index (χ2n) is 5.31. The summed E-state index contributed by atoms with van der Waals surface area (Å²) in [6, 6.07) is 10.6. The summed E-state index contributed by atoms with van der Waals surface area (Å²) in [5, 5.41) is 15.2. The first-order chi connectivity index (χ1) is 9.24. The standard InChI is InChI=1S/C15H17N3O/c1-18-14-6-3-2-5-12(14)13(17-18)9-15(10-16)7-4-8-19-11-15/h2-3,5-6H,4,7-9,11H2,1H3. The second kappa shape index (κ2) is 4.67. The minimum absolute atomic E-state index is 0.407. The highest BCUT2D eigenvalue weighted by atomic mass is 16.5. The summed E-state index contributed by atoms with van der Waals surface area (Å²) in [7, 11) is 1.95. The number of nitriles is 1. The molecule has 1 fully saturated rings. The highest BCUT2D eigenvalue weighted by Crippen LogP contribution is 2.33. The molecule has 98 valence electrons. The number of rotatable bonds is 2. The quantitative estimate of drug-likeness (QED) is 0.828. The van der Waals surface area contributed by atoms with Crippen molar-refractivity contribution in [3.05, 3.63) is 30.0 Å². The topological polar surface area (TPSA) is 50.8 Å². The van der Waals surface area contributed by atoms with Gasteiger partial charge < -0.3 is 4.74 Å². The zero-order valence-electron chi connectivity index (χ0n) is 11.1. The van der Waals surface area contributed by atoms with E-state index in [1.807, 2.05) is 23.9 Å². The molecule has 0 bridgehead atoms. The van der Waals surface area contributed by atoms with Crippen molar-refractivity contribution in [1.82, 2.24) is 9.78 Å². The fourth-order valence-electron chi connectivity index (χ4n) is 2.86. The molecular formula is C15H17N3O. The zero-order chi connectivity index (χ0) is 13.3. The predicted molar refractivity (Wildman–Crippen MR) is 72.5 cm³/mol. The van der Waals surface area contributed by atoms with E-state index in [1.165, 1.54) is 0 Å². The molecule has 4 heteroatoms. The molecule has 19 heavy (non-hydrogen) atoms. The molecule has 2 heterocycles. The number of aryl methyl sites for hydroxylation is 1. The van der Waals surface area contributed by atoms with Crippen LogP contribution >= 0.6 is 0 Å². The van der Waals surface area contributed by atoms with E-state index in [9.17, 15) is 5.26 Å². The van der Waals surface area contributed by atoms with E-state index in [1.54, 1.807) is 0 Å². The Balaban J connectivity index is 1.99. The van der Waals surface area contributed by atoms with E-state index in [-0.39, 0.29) is 0 Å². The lowest BCUT2D eigenvalue weighted by molar-refractivity contribution is 0.0220. The van der Waals surface area contributed by atoms with Gasteiger partial charge in [-0.1, -0.05) is 18.2 Å². The third kappa shape index (κ3) is 2.11. The van der Waals surface area contributed by atoms with E-state index >= 15 is 0 Å². The molecular weight excluding hydrogens is 238 g/mol. The van der Waals surface area contributed by atoms with E-state index in [4.69, 9.17) is 4.74 Å². The first-order valence-electron chi connectivity index (χ1n) is 6.64. The largest absolute Gasteiger partial charge is 0.380 e. The Morgan fingerprint density at radius 3 is 3.05 bits per heavy atom. The predicted octanol–water partition coefficient (Wildman–Crippen LogP) is 2.44. The van der Waals surface area contributed by atoms with Crippen LogP contribution in [-0.2, 0) is 18.2 Å². The highest BCUT2D eigenvalue weighted by molar-refractivity contribution is 5.81. The third-order valence-electron chi connectivity index (χ3n) is 3.90. The Hall–Kier alpha value is -1.86. The smallest absolute Gasteiger partial charge is 0.0863 e. The molecule has 0 spiro atoms. The fourth-order valence-corrected chi connectivity index (χ4v) is 2.86. The van der Waals surface area contributed by atoms with Gasteiger partial charge >= 0.3 is 0 Å². The van der Waals surface area contributed by atoms with Gasteiger partial charge in [-0.2, -0.15) is 10.4 Å². The van der Waals surface area contributed by atoms with Crippen molar-refractivity contribution in [1.29, 1.82) is 5.26 Å². The summed E-state index contributed by atoms with van der Waals surface area (Å²) in [6.07, 6.45) is 2.53. The Kier molecular flexibility index (Phi) is 3.00. The average molecular weight is 255 g/mol. The minimum atomic E-state index is -0.407. The van der Waals surface area contributed by atoms with Gasteiger partial charge in [-0.25, -0.2) is 0 Å². The molecule has 0 N–H and O–H groups in total. The SMILES string of the molecule is Cn1nc(CC2(C#N)CCCOC2)c2ccccc21. The summed E-state index contributed by atoms with van der Waals surface area (Å²) in [5.41, 5.74) is 1.71. The van der Waals surface area contributed by atoms with Gasteiger partial charge in [0, 0.05) is 25.5 Å². The molecule has 1 aliphatic heterocycles. The molecule has 1 unspecified atom stereocenters. The van der Waals surface area contributed by atoms with Crippen molar-refractivity contribution >= 4 is 10.9 Å². The highest BCUT2D eigenvalue weighted by Gasteiger charge is 2.34. The monoisotopic (exact) mass is 255 g/mol. The Morgan fingerprint density at radius 2 is 2.32 bits per heavy atom. The molecule has 1 aromatic heterocycles. The van der Waals surface area contributed by atoms with Crippen LogP contribution in [-0.4, -0.2) is 23.0 Å². The normalized spacial score (nSPS) is 23.4. The first kappa shape index (κ1) is 12.2. The Labute approximate surface area is 112 Å².